The van der Waals surface area contributed by atoms with Crippen LogP contribution in [0.4, 0.5) is 0 Å². The van der Waals surface area contributed by atoms with E-state index in [0.29, 0.717) is 11.8 Å². The lowest BCUT2D eigenvalue weighted by Gasteiger charge is -2.15. The maximum absolute atomic E-state index is 6.06. The molecule has 0 spiro atoms. The number of nitrogens with one attached hydrogen (secondary N) is 1. The molecule has 0 atom stereocenters. The van der Waals surface area contributed by atoms with E-state index in [1.165, 1.54) is 21.2 Å². The minimum atomic E-state index is 0.256. The molecule has 4 rings (SSSR count). The number of thiophene rings is 1. The highest BCUT2D eigenvalue weighted by Gasteiger charge is 2.14. The molecule has 6 heteroatoms. The number of ether oxygens (including phenoxy) is 1. The van der Waals surface area contributed by atoms with Gasteiger partial charge >= 0.3 is 0 Å². The van der Waals surface area contributed by atoms with Crippen molar-refractivity contribution in [3.63, 3.8) is 0 Å². The smallest absolute Gasteiger partial charge is 0.257 e. The van der Waals surface area contributed by atoms with Crippen LogP contribution in [0.25, 0.3) is 21.5 Å². The van der Waals surface area contributed by atoms with E-state index in [4.69, 9.17) is 9.15 Å². The van der Waals surface area contributed by atoms with Crippen molar-refractivity contribution >= 4 is 22.1 Å². The lowest BCUT2D eigenvalue weighted by molar-refractivity contribution is -0.872. The van der Waals surface area contributed by atoms with Crippen LogP contribution in [-0.2, 0) is 13.2 Å². The number of nitrogens with zero attached hydrogens (tertiary/aromatic N) is 2. The zero-order chi connectivity index (χ0) is 17.9. The molecule has 0 bridgehead atoms. The van der Waals surface area contributed by atoms with Crippen molar-refractivity contribution in [3.8, 4) is 16.5 Å². The van der Waals surface area contributed by atoms with E-state index in [-0.39, 0.29) is 6.61 Å². The molecule has 0 amide bonds. The number of quaternary nitrogens is 1. The molecule has 26 heavy (non-hydrogen) atoms. The number of hydrogen-bond acceptors (Lipinski definition) is 5. The Kier molecular flexibility index (Phi) is 4.69. The Morgan fingerprint density at radius 1 is 1.04 bits per heavy atom. The predicted octanol–water partition coefficient (Wildman–Crippen LogP) is 3.17. The summed E-state index contributed by atoms with van der Waals surface area (Å²) in [6.45, 7) is 1.13. The van der Waals surface area contributed by atoms with E-state index in [0.717, 1.165) is 17.2 Å². The molecule has 4 aromatic rings. The minimum Gasteiger partial charge on any atom is -0.483 e. The summed E-state index contributed by atoms with van der Waals surface area (Å²) >= 11 is 1.57. The fraction of sp³-hybridized carbons (Fsp3) is 0.200. The van der Waals surface area contributed by atoms with Crippen molar-refractivity contribution in [2.45, 2.75) is 13.2 Å². The summed E-state index contributed by atoms with van der Waals surface area (Å²) in [5, 5.41) is 12.6. The molecule has 0 fully saturated rings. The highest BCUT2D eigenvalue weighted by atomic mass is 32.1. The van der Waals surface area contributed by atoms with Crippen LogP contribution in [0.15, 0.2) is 58.3 Å². The van der Waals surface area contributed by atoms with E-state index in [1.54, 1.807) is 11.3 Å². The van der Waals surface area contributed by atoms with Gasteiger partial charge in [0.1, 0.15) is 12.3 Å². The molecule has 2 aromatic carbocycles. The molecule has 0 aliphatic carbocycles. The molecule has 0 aliphatic rings. The third kappa shape index (κ3) is 3.47. The Balaban J connectivity index is 1.59. The lowest BCUT2D eigenvalue weighted by atomic mass is 10.0. The van der Waals surface area contributed by atoms with Crippen molar-refractivity contribution < 1.29 is 14.1 Å². The summed E-state index contributed by atoms with van der Waals surface area (Å²) in [6.07, 6.45) is 0. The summed E-state index contributed by atoms with van der Waals surface area (Å²) < 4.78 is 11.8. The van der Waals surface area contributed by atoms with Crippen LogP contribution in [0.1, 0.15) is 11.5 Å². The van der Waals surface area contributed by atoms with Crippen LogP contribution >= 0.6 is 11.3 Å². The van der Waals surface area contributed by atoms with Gasteiger partial charge in [-0.05, 0) is 28.3 Å². The number of hydrogen-bond donors (Lipinski definition) is 1. The molecule has 0 saturated heterocycles. The van der Waals surface area contributed by atoms with Crippen LogP contribution in [0.2, 0.25) is 0 Å². The molecular formula is C20H20N3O2S+. The summed E-state index contributed by atoms with van der Waals surface area (Å²) in [6, 6.07) is 16.4. The van der Waals surface area contributed by atoms with Crippen LogP contribution in [0, 0.1) is 0 Å². The zero-order valence-electron chi connectivity index (χ0n) is 14.7. The molecule has 132 valence electrons. The van der Waals surface area contributed by atoms with Gasteiger partial charge < -0.3 is 14.1 Å². The first-order chi connectivity index (χ1) is 12.7. The van der Waals surface area contributed by atoms with Gasteiger partial charge in [-0.25, -0.2) is 0 Å². The highest BCUT2D eigenvalue weighted by molar-refractivity contribution is 7.13. The second-order valence-corrected chi connectivity index (χ2v) is 7.36. The number of aromatic nitrogens is 2. The predicted molar refractivity (Wildman–Crippen MR) is 102 cm³/mol. The van der Waals surface area contributed by atoms with Gasteiger partial charge in [0.15, 0.2) is 6.61 Å². The fourth-order valence-corrected chi connectivity index (χ4v) is 3.58. The van der Waals surface area contributed by atoms with Crippen LogP contribution in [0.3, 0.4) is 0 Å². The zero-order valence-corrected chi connectivity index (χ0v) is 15.5. The standard InChI is InChI=1S/C20H19N3O2S/c1-23(2)12-16-15-7-4-3-6-14(15)9-10-17(16)24-13-19-21-22-20(25-19)18-8-5-11-26-18/h3-11H,12-13H2,1-2H3/p+1. The maximum atomic E-state index is 6.06. The molecule has 2 aromatic heterocycles. The quantitative estimate of drug-likeness (QED) is 0.569. The van der Waals surface area contributed by atoms with E-state index in [9.17, 15) is 0 Å². The molecule has 1 N–H and O–H groups in total. The Morgan fingerprint density at radius 2 is 1.92 bits per heavy atom. The summed E-state index contributed by atoms with van der Waals surface area (Å²) in [5.41, 5.74) is 1.20. The minimum absolute atomic E-state index is 0.256. The first-order valence-corrected chi connectivity index (χ1v) is 9.37. The van der Waals surface area contributed by atoms with Gasteiger partial charge in [-0.2, -0.15) is 0 Å². The molecule has 0 saturated carbocycles. The molecule has 0 unspecified atom stereocenters. The summed E-state index contributed by atoms with van der Waals surface area (Å²) in [4.78, 5) is 2.30. The normalized spacial score (nSPS) is 11.3. The van der Waals surface area contributed by atoms with Gasteiger partial charge in [0.05, 0.1) is 24.5 Å². The van der Waals surface area contributed by atoms with Crippen LogP contribution in [0.5, 0.6) is 5.75 Å². The molecule has 0 aliphatic heterocycles. The molecule has 0 radical (unpaired) electrons. The number of benzene rings is 2. The van der Waals surface area contributed by atoms with E-state index in [2.05, 4.69) is 54.6 Å². The summed E-state index contributed by atoms with van der Waals surface area (Å²) in [5.74, 6) is 1.88. The third-order valence-corrected chi connectivity index (χ3v) is 4.94. The number of fused-ring (bicyclic) bond motifs is 1. The van der Waals surface area contributed by atoms with Gasteiger partial charge in [0, 0.05) is 0 Å². The van der Waals surface area contributed by atoms with E-state index in [1.807, 2.05) is 23.6 Å². The monoisotopic (exact) mass is 366 g/mol. The molecular weight excluding hydrogens is 346 g/mol. The Morgan fingerprint density at radius 3 is 2.73 bits per heavy atom. The summed E-state index contributed by atoms with van der Waals surface area (Å²) in [7, 11) is 4.27. The second-order valence-electron chi connectivity index (χ2n) is 6.41. The average molecular weight is 366 g/mol. The average Bonchev–Trinajstić information content (AvgIpc) is 3.32. The van der Waals surface area contributed by atoms with E-state index >= 15 is 0 Å². The van der Waals surface area contributed by atoms with E-state index < -0.39 is 0 Å². The first-order valence-electron chi connectivity index (χ1n) is 8.49. The van der Waals surface area contributed by atoms with Crippen molar-refractivity contribution in [2.75, 3.05) is 14.1 Å². The maximum Gasteiger partial charge on any atom is 0.257 e. The van der Waals surface area contributed by atoms with Gasteiger partial charge in [-0.15, -0.1) is 21.5 Å². The van der Waals surface area contributed by atoms with Crippen LogP contribution in [-0.4, -0.2) is 24.3 Å². The highest BCUT2D eigenvalue weighted by Crippen LogP contribution is 2.29. The Hall–Kier alpha value is -2.70. The van der Waals surface area contributed by atoms with Crippen molar-refractivity contribution in [1.29, 1.82) is 0 Å². The Labute approximate surface area is 155 Å². The van der Waals surface area contributed by atoms with Gasteiger partial charge in [-0.1, -0.05) is 36.4 Å². The molecule has 2 heterocycles. The second kappa shape index (κ2) is 7.27. The fourth-order valence-electron chi connectivity index (χ4n) is 2.94. The topological polar surface area (TPSA) is 52.6 Å². The van der Waals surface area contributed by atoms with Gasteiger partial charge in [0.2, 0.25) is 0 Å². The Bertz CT molecular complexity index is 1010. The van der Waals surface area contributed by atoms with Gasteiger partial charge in [0.25, 0.3) is 11.8 Å². The van der Waals surface area contributed by atoms with Crippen LogP contribution < -0.4 is 9.64 Å². The third-order valence-electron chi connectivity index (χ3n) is 4.08. The largest absolute Gasteiger partial charge is 0.483 e. The SMILES string of the molecule is C[NH+](C)Cc1c(OCc2nnc(-c3cccs3)o2)ccc2ccccc12. The first kappa shape index (κ1) is 16.8. The molecule has 5 nitrogen and oxygen atoms in total. The lowest BCUT2D eigenvalue weighted by Crippen LogP contribution is -3.04. The van der Waals surface area contributed by atoms with Crippen molar-refractivity contribution in [3.05, 3.63) is 65.4 Å². The van der Waals surface area contributed by atoms with Crippen molar-refractivity contribution in [1.82, 2.24) is 10.2 Å². The van der Waals surface area contributed by atoms with Crippen molar-refractivity contribution in [2.24, 2.45) is 0 Å². The van der Waals surface area contributed by atoms with Gasteiger partial charge in [-0.3, -0.25) is 0 Å². The number of rotatable bonds is 6.